The molecule has 0 unspecified atom stereocenters. The van der Waals surface area contributed by atoms with Gasteiger partial charge >= 0.3 is 0 Å². The number of para-hydroxylation sites is 1. The van der Waals surface area contributed by atoms with Gasteiger partial charge in [-0.3, -0.25) is 4.79 Å². The number of halogens is 1. The highest BCUT2D eigenvalue weighted by molar-refractivity contribution is 6.32. The van der Waals surface area contributed by atoms with Gasteiger partial charge in [-0.2, -0.15) is 0 Å². The maximum absolute atomic E-state index is 12.2. The predicted molar refractivity (Wildman–Crippen MR) is 92.3 cm³/mol. The van der Waals surface area contributed by atoms with Gasteiger partial charge in [0.2, 0.25) is 5.91 Å². The Morgan fingerprint density at radius 2 is 2.13 bits per heavy atom. The Morgan fingerprint density at radius 1 is 1.35 bits per heavy atom. The van der Waals surface area contributed by atoms with Crippen molar-refractivity contribution in [3.63, 3.8) is 0 Å². The van der Waals surface area contributed by atoms with Crippen LogP contribution in [0.25, 0.3) is 0 Å². The summed E-state index contributed by atoms with van der Waals surface area (Å²) in [6.45, 7) is 2.96. The second-order valence-corrected chi connectivity index (χ2v) is 6.15. The van der Waals surface area contributed by atoms with Crippen molar-refractivity contribution in [1.82, 2.24) is 5.32 Å². The molecule has 5 nitrogen and oxygen atoms in total. The van der Waals surface area contributed by atoms with E-state index in [1.54, 1.807) is 25.3 Å². The van der Waals surface area contributed by atoms with E-state index in [0.717, 1.165) is 32.4 Å². The van der Waals surface area contributed by atoms with E-state index in [2.05, 4.69) is 10.6 Å². The van der Waals surface area contributed by atoms with Crippen LogP contribution in [0, 0.1) is 5.92 Å². The van der Waals surface area contributed by atoms with Crippen LogP contribution in [0.3, 0.4) is 0 Å². The molecule has 1 saturated heterocycles. The van der Waals surface area contributed by atoms with Crippen molar-refractivity contribution in [2.24, 2.45) is 5.92 Å². The van der Waals surface area contributed by atoms with Crippen LogP contribution in [0.2, 0.25) is 5.02 Å². The quantitative estimate of drug-likeness (QED) is 0.714. The molecule has 1 heterocycles. The molecule has 1 amide bonds. The average molecular weight is 341 g/mol. The van der Waals surface area contributed by atoms with Crippen molar-refractivity contribution in [2.45, 2.75) is 25.7 Å². The summed E-state index contributed by atoms with van der Waals surface area (Å²) in [6.07, 6.45) is 3.74. The molecule has 2 N–H and O–H groups in total. The summed E-state index contributed by atoms with van der Waals surface area (Å²) in [4.78, 5) is 12.2. The first-order valence-corrected chi connectivity index (χ1v) is 8.49. The number of ether oxygens (including phenoxy) is 2. The maximum atomic E-state index is 12.2. The highest BCUT2D eigenvalue weighted by Crippen LogP contribution is 2.33. The number of amides is 1. The number of methoxy groups -OCH3 is 1. The summed E-state index contributed by atoms with van der Waals surface area (Å²) in [5.74, 6) is 1.14. The fourth-order valence-corrected chi connectivity index (χ4v) is 2.93. The molecule has 6 heteroatoms. The lowest BCUT2D eigenvalue weighted by Gasteiger charge is -2.22. The van der Waals surface area contributed by atoms with Crippen LogP contribution in [0.5, 0.6) is 5.75 Å². The van der Waals surface area contributed by atoms with Gasteiger partial charge in [-0.25, -0.2) is 0 Å². The van der Waals surface area contributed by atoms with E-state index in [1.165, 1.54) is 0 Å². The van der Waals surface area contributed by atoms with Crippen LogP contribution in [-0.4, -0.2) is 39.3 Å². The summed E-state index contributed by atoms with van der Waals surface area (Å²) in [6, 6.07) is 5.35. The molecular weight excluding hydrogens is 316 g/mol. The molecule has 1 aromatic carbocycles. The lowest BCUT2D eigenvalue weighted by molar-refractivity contribution is -0.116. The number of piperidine rings is 1. The zero-order valence-corrected chi connectivity index (χ0v) is 14.3. The molecule has 23 heavy (non-hydrogen) atoms. The van der Waals surface area contributed by atoms with Gasteiger partial charge in [-0.05, 0) is 50.4 Å². The number of hydrogen-bond acceptors (Lipinski definition) is 4. The topological polar surface area (TPSA) is 59.6 Å². The zero-order chi connectivity index (χ0) is 16.5. The molecule has 0 saturated carbocycles. The SMILES string of the molecule is COCCOc1c(Cl)cccc1NC(=O)CCC1CCNCC1. The van der Waals surface area contributed by atoms with E-state index in [4.69, 9.17) is 21.1 Å². The van der Waals surface area contributed by atoms with Crippen molar-refractivity contribution < 1.29 is 14.3 Å². The van der Waals surface area contributed by atoms with Gasteiger partial charge in [0.15, 0.2) is 5.75 Å². The summed E-state index contributed by atoms with van der Waals surface area (Å²) >= 11 is 6.17. The zero-order valence-electron chi connectivity index (χ0n) is 13.6. The molecule has 0 bridgehead atoms. The maximum Gasteiger partial charge on any atom is 0.224 e. The van der Waals surface area contributed by atoms with Crippen LogP contribution in [0.1, 0.15) is 25.7 Å². The van der Waals surface area contributed by atoms with Crippen LogP contribution >= 0.6 is 11.6 Å². The Kier molecular flexibility index (Phi) is 7.65. The van der Waals surface area contributed by atoms with Crippen molar-refractivity contribution in [3.8, 4) is 5.75 Å². The van der Waals surface area contributed by atoms with E-state index in [1.807, 2.05) is 0 Å². The van der Waals surface area contributed by atoms with Gasteiger partial charge in [0.05, 0.1) is 17.3 Å². The molecule has 1 aliphatic heterocycles. The fourth-order valence-electron chi connectivity index (χ4n) is 2.70. The molecule has 0 aromatic heterocycles. The normalized spacial score (nSPS) is 15.4. The standard InChI is InChI=1S/C17H25ClN2O3/c1-22-11-12-23-17-14(18)3-2-4-15(17)20-16(21)6-5-13-7-9-19-10-8-13/h2-4,13,19H,5-12H2,1H3,(H,20,21). The number of rotatable bonds is 8. The van der Waals surface area contributed by atoms with Gasteiger partial charge in [0, 0.05) is 13.5 Å². The van der Waals surface area contributed by atoms with Gasteiger partial charge < -0.3 is 20.1 Å². The number of carbonyl (C=O) groups excluding carboxylic acids is 1. The molecule has 128 valence electrons. The highest BCUT2D eigenvalue weighted by atomic mass is 35.5. The van der Waals surface area contributed by atoms with E-state index in [9.17, 15) is 4.79 Å². The second-order valence-electron chi connectivity index (χ2n) is 5.74. The van der Waals surface area contributed by atoms with Gasteiger partial charge in [-0.1, -0.05) is 17.7 Å². The van der Waals surface area contributed by atoms with Gasteiger partial charge in [-0.15, -0.1) is 0 Å². The minimum absolute atomic E-state index is 0.00221. The van der Waals surface area contributed by atoms with Crippen molar-refractivity contribution in [3.05, 3.63) is 23.2 Å². The minimum atomic E-state index is 0.00221. The molecule has 1 aromatic rings. The second kappa shape index (κ2) is 9.75. The number of hydrogen-bond donors (Lipinski definition) is 2. The first-order chi connectivity index (χ1) is 11.2. The monoisotopic (exact) mass is 340 g/mol. The first kappa shape index (κ1) is 18.0. The molecule has 1 fully saturated rings. The molecule has 0 atom stereocenters. The molecule has 0 radical (unpaired) electrons. The van der Waals surface area contributed by atoms with E-state index >= 15 is 0 Å². The molecule has 0 aliphatic carbocycles. The Morgan fingerprint density at radius 3 is 2.87 bits per heavy atom. The number of nitrogens with one attached hydrogen (secondary N) is 2. The third-order valence-electron chi connectivity index (χ3n) is 4.01. The van der Waals surface area contributed by atoms with E-state index in [-0.39, 0.29) is 5.91 Å². The third kappa shape index (κ3) is 6.01. The van der Waals surface area contributed by atoms with Crippen LogP contribution in [-0.2, 0) is 9.53 Å². The number of carbonyl (C=O) groups is 1. The largest absolute Gasteiger partial charge is 0.487 e. The van der Waals surface area contributed by atoms with E-state index < -0.39 is 0 Å². The lowest BCUT2D eigenvalue weighted by Crippen LogP contribution is -2.28. The Hall–Kier alpha value is -1.30. The summed E-state index contributed by atoms with van der Waals surface area (Å²) in [7, 11) is 1.61. The first-order valence-electron chi connectivity index (χ1n) is 8.11. The van der Waals surface area contributed by atoms with Crippen molar-refractivity contribution in [1.29, 1.82) is 0 Å². The van der Waals surface area contributed by atoms with Gasteiger partial charge in [0.1, 0.15) is 6.61 Å². The van der Waals surface area contributed by atoms with Crippen molar-refractivity contribution in [2.75, 3.05) is 38.7 Å². The summed E-state index contributed by atoms with van der Waals surface area (Å²) < 4.78 is 10.6. The number of anilines is 1. The summed E-state index contributed by atoms with van der Waals surface area (Å²) in [5.41, 5.74) is 0.615. The lowest BCUT2D eigenvalue weighted by atomic mass is 9.93. The molecule has 2 rings (SSSR count). The predicted octanol–water partition coefficient (Wildman–Crippen LogP) is 3.08. The highest BCUT2D eigenvalue weighted by Gasteiger charge is 2.16. The summed E-state index contributed by atoms with van der Waals surface area (Å²) in [5, 5.41) is 6.73. The fraction of sp³-hybridized carbons (Fsp3) is 0.588. The van der Waals surface area contributed by atoms with Crippen LogP contribution in [0.4, 0.5) is 5.69 Å². The third-order valence-corrected chi connectivity index (χ3v) is 4.31. The molecular formula is C17H25ClN2O3. The Bertz CT molecular complexity index is 505. The Balaban J connectivity index is 1.87. The minimum Gasteiger partial charge on any atom is -0.487 e. The molecule has 0 spiro atoms. The van der Waals surface area contributed by atoms with Crippen LogP contribution < -0.4 is 15.4 Å². The van der Waals surface area contributed by atoms with Gasteiger partial charge in [0.25, 0.3) is 0 Å². The van der Waals surface area contributed by atoms with Crippen LogP contribution in [0.15, 0.2) is 18.2 Å². The Labute approximate surface area is 142 Å². The van der Waals surface area contributed by atoms with Crippen molar-refractivity contribution >= 4 is 23.2 Å². The average Bonchev–Trinajstić information content (AvgIpc) is 2.56. The smallest absolute Gasteiger partial charge is 0.224 e. The van der Waals surface area contributed by atoms with E-state index in [0.29, 0.717) is 42.0 Å². The number of benzene rings is 1. The molecule has 1 aliphatic rings.